The Balaban J connectivity index is 1.77. The predicted molar refractivity (Wildman–Crippen MR) is 144 cm³/mol. The minimum absolute atomic E-state index is 0.0796. The molecule has 4 rings (SSSR count). The van der Waals surface area contributed by atoms with Gasteiger partial charge in [-0.2, -0.15) is 0 Å². The lowest BCUT2D eigenvalue weighted by atomic mass is 10.0. The van der Waals surface area contributed by atoms with Gasteiger partial charge in [0, 0.05) is 22.0 Å². The maximum absolute atomic E-state index is 13.6. The molecule has 0 fully saturated rings. The van der Waals surface area contributed by atoms with Gasteiger partial charge in [-0.05, 0) is 48.9 Å². The standard InChI is InChI=1S/C26H25BrN4O3S/c1-2-3-14-29-23-13-12-19(35(28,33)34)15-25(23)31-26(32)21-16-24(17-8-10-18(27)11-9-17)30-22-7-5-4-6-20(21)22/h4-13,15-16,29H,2-3,14H2,1H3,(H,31,32)(H2,28,33,34). The molecule has 1 amide bonds. The molecular formula is C26H25BrN4O3S. The number of benzene rings is 3. The minimum atomic E-state index is -3.94. The lowest BCUT2D eigenvalue weighted by Gasteiger charge is -2.15. The highest BCUT2D eigenvalue weighted by Gasteiger charge is 2.18. The average molecular weight is 553 g/mol. The number of aromatic nitrogens is 1. The van der Waals surface area contributed by atoms with E-state index in [4.69, 9.17) is 10.1 Å². The van der Waals surface area contributed by atoms with Crippen molar-refractivity contribution in [3.05, 3.63) is 82.8 Å². The Morgan fingerprint density at radius 3 is 2.46 bits per heavy atom. The van der Waals surface area contributed by atoms with Crippen LogP contribution in [0.4, 0.5) is 11.4 Å². The number of primary sulfonamides is 1. The highest BCUT2D eigenvalue weighted by molar-refractivity contribution is 9.10. The average Bonchev–Trinajstić information content (AvgIpc) is 2.84. The maximum Gasteiger partial charge on any atom is 0.256 e. The van der Waals surface area contributed by atoms with Crippen LogP contribution in [-0.4, -0.2) is 25.9 Å². The zero-order valence-corrected chi connectivity index (χ0v) is 21.5. The van der Waals surface area contributed by atoms with E-state index < -0.39 is 10.0 Å². The first-order valence-corrected chi connectivity index (χ1v) is 13.5. The molecule has 9 heteroatoms. The van der Waals surface area contributed by atoms with Gasteiger partial charge in [0.05, 0.1) is 33.0 Å². The van der Waals surface area contributed by atoms with Crippen LogP contribution in [0.3, 0.4) is 0 Å². The van der Waals surface area contributed by atoms with Crippen molar-refractivity contribution in [2.24, 2.45) is 5.14 Å². The van der Waals surface area contributed by atoms with Crippen molar-refractivity contribution >= 4 is 54.1 Å². The first kappa shape index (κ1) is 24.8. The molecule has 0 aliphatic heterocycles. The summed E-state index contributed by atoms with van der Waals surface area (Å²) in [5.74, 6) is -0.382. The molecule has 0 radical (unpaired) electrons. The summed E-state index contributed by atoms with van der Waals surface area (Å²) in [5.41, 5.74) is 3.58. The Morgan fingerprint density at radius 1 is 1.00 bits per heavy atom. The van der Waals surface area contributed by atoms with Crippen LogP contribution in [0.2, 0.25) is 0 Å². The van der Waals surface area contributed by atoms with Crippen LogP contribution in [0.5, 0.6) is 0 Å². The van der Waals surface area contributed by atoms with Gasteiger partial charge in [-0.1, -0.05) is 59.6 Å². The second-order valence-electron chi connectivity index (χ2n) is 8.07. The molecule has 0 aliphatic rings. The zero-order valence-electron chi connectivity index (χ0n) is 19.1. The third-order valence-electron chi connectivity index (χ3n) is 5.51. The Morgan fingerprint density at radius 2 is 1.74 bits per heavy atom. The van der Waals surface area contributed by atoms with Crippen molar-refractivity contribution in [3.8, 4) is 11.3 Å². The van der Waals surface area contributed by atoms with Gasteiger partial charge < -0.3 is 10.6 Å². The van der Waals surface area contributed by atoms with Crippen molar-refractivity contribution < 1.29 is 13.2 Å². The molecule has 4 aromatic rings. The summed E-state index contributed by atoms with van der Waals surface area (Å²) in [6, 6.07) is 21.2. The fraction of sp³-hybridized carbons (Fsp3) is 0.154. The molecule has 1 aromatic heterocycles. The van der Waals surface area contributed by atoms with Crippen molar-refractivity contribution in [2.45, 2.75) is 24.7 Å². The number of halogens is 1. The molecule has 1 heterocycles. The van der Waals surface area contributed by atoms with Gasteiger partial charge >= 0.3 is 0 Å². The van der Waals surface area contributed by atoms with Crippen LogP contribution in [0.25, 0.3) is 22.2 Å². The third kappa shape index (κ3) is 5.87. The van der Waals surface area contributed by atoms with Gasteiger partial charge in [-0.15, -0.1) is 0 Å². The van der Waals surface area contributed by atoms with E-state index in [0.717, 1.165) is 22.9 Å². The van der Waals surface area contributed by atoms with E-state index in [1.807, 2.05) is 48.5 Å². The number of para-hydroxylation sites is 1. The van der Waals surface area contributed by atoms with Gasteiger partial charge in [0.1, 0.15) is 0 Å². The van der Waals surface area contributed by atoms with E-state index >= 15 is 0 Å². The zero-order chi connectivity index (χ0) is 25.0. The summed E-state index contributed by atoms with van der Waals surface area (Å²) in [6.07, 6.45) is 1.92. The van der Waals surface area contributed by atoms with Gasteiger partial charge in [-0.25, -0.2) is 18.5 Å². The molecule has 4 N–H and O–H groups in total. The van der Waals surface area contributed by atoms with Gasteiger partial charge in [0.2, 0.25) is 10.0 Å². The largest absolute Gasteiger partial charge is 0.383 e. The van der Waals surface area contributed by atoms with Crippen molar-refractivity contribution in [1.29, 1.82) is 0 Å². The first-order chi connectivity index (χ1) is 16.8. The Hall–Kier alpha value is -3.27. The molecule has 0 spiro atoms. The molecule has 0 atom stereocenters. The molecule has 180 valence electrons. The quantitative estimate of drug-likeness (QED) is 0.240. The summed E-state index contributed by atoms with van der Waals surface area (Å²) < 4.78 is 24.8. The number of hydrogen-bond donors (Lipinski definition) is 3. The third-order valence-corrected chi connectivity index (χ3v) is 6.95. The summed E-state index contributed by atoms with van der Waals surface area (Å²) in [6.45, 7) is 2.76. The number of nitrogens with two attached hydrogens (primary N) is 1. The van der Waals surface area contributed by atoms with Crippen LogP contribution in [-0.2, 0) is 10.0 Å². The maximum atomic E-state index is 13.6. The molecule has 0 saturated heterocycles. The van der Waals surface area contributed by atoms with E-state index in [1.165, 1.54) is 12.1 Å². The molecular weight excluding hydrogens is 528 g/mol. The Labute approximate surface area is 213 Å². The predicted octanol–water partition coefficient (Wildman–Crippen LogP) is 5.78. The smallest absolute Gasteiger partial charge is 0.256 e. The second kappa shape index (κ2) is 10.6. The van der Waals surface area contributed by atoms with E-state index in [-0.39, 0.29) is 10.8 Å². The summed E-state index contributed by atoms with van der Waals surface area (Å²) >= 11 is 3.44. The fourth-order valence-corrected chi connectivity index (χ4v) is 4.48. The summed E-state index contributed by atoms with van der Waals surface area (Å²) in [4.78, 5) is 18.2. The molecule has 0 saturated carbocycles. The van der Waals surface area contributed by atoms with Gasteiger partial charge in [-0.3, -0.25) is 4.79 Å². The fourth-order valence-electron chi connectivity index (χ4n) is 3.68. The van der Waals surface area contributed by atoms with Gasteiger partial charge in [0.25, 0.3) is 5.91 Å². The highest BCUT2D eigenvalue weighted by Crippen LogP contribution is 2.29. The SMILES string of the molecule is CCCCNc1ccc(S(N)(=O)=O)cc1NC(=O)c1cc(-c2ccc(Br)cc2)nc2ccccc12. The molecule has 0 bridgehead atoms. The van der Waals surface area contributed by atoms with Crippen LogP contribution in [0, 0.1) is 0 Å². The van der Waals surface area contributed by atoms with Crippen LogP contribution in [0.1, 0.15) is 30.1 Å². The summed E-state index contributed by atoms with van der Waals surface area (Å²) in [7, 11) is -3.94. The Kier molecular flexibility index (Phi) is 7.49. The first-order valence-electron chi connectivity index (χ1n) is 11.1. The number of pyridine rings is 1. The lowest BCUT2D eigenvalue weighted by Crippen LogP contribution is -2.17. The monoisotopic (exact) mass is 552 g/mol. The number of carbonyl (C=O) groups is 1. The van der Waals surface area contributed by atoms with Gasteiger partial charge in [0.15, 0.2) is 0 Å². The number of nitrogens with one attached hydrogen (secondary N) is 2. The number of unbranched alkanes of at least 4 members (excludes halogenated alkanes) is 1. The molecule has 35 heavy (non-hydrogen) atoms. The molecule has 0 unspecified atom stereocenters. The lowest BCUT2D eigenvalue weighted by molar-refractivity contribution is 0.102. The van der Waals surface area contributed by atoms with E-state index in [1.54, 1.807) is 12.1 Å². The van der Waals surface area contributed by atoms with E-state index in [9.17, 15) is 13.2 Å². The van der Waals surface area contributed by atoms with Crippen LogP contribution < -0.4 is 15.8 Å². The number of nitrogens with zero attached hydrogens (tertiary/aromatic N) is 1. The highest BCUT2D eigenvalue weighted by atomic mass is 79.9. The number of fused-ring (bicyclic) bond motifs is 1. The minimum Gasteiger partial charge on any atom is -0.383 e. The molecule has 7 nitrogen and oxygen atoms in total. The van der Waals surface area contributed by atoms with Crippen molar-refractivity contribution in [2.75, 3.05) is 17.2 Å². The summed E-state index contributed by atoms with van der Waals surface area (Å²) in [5, 5.41) is 12.2. The Bertz CT molecular complexity index is 1490. The van der Waals surface area contributed by atoms with Crippen LogP contribution >= 0.6 is 15.9 Å². The topological polar surface area (TPSA) is 114 Å². The normalized spacial score (nSPS) is 11.4. The number of hydrogen-bond acceptors (Lipinski definition) is 5. The number of anilines is 2. The number of carbonyl (C=O) groups excluding carboxylic acids is 1. The van der Waals surface area contributed by atoms with Crippen molar-refractivity contribution in [1.82, 2.24) is 4.98 Å². The van der Waals surface area contributed by atoms with Crippen molar-refractivity contribution in [3.63, 3.8) is 0 Å². The number of rotatable bonds is 8. The molecule has 3 aromatic carbocycles. The number of sulfonamides is 1. The number of amides is 1. The second-order valence-corrected chi connectivity index (χ2v) is 10.5. The van der Waals surface area contributed by atoms with E-state index in [0.29, 0.717) is 40.1 Å². The molecule has 0 aliphatic carbocycles. The van der Waals surface area contributed by atoms with Crippen LogP contribution in [0.15, 0.2) is 82.2 Å². The van der Waals surface area contributed by atoms with E-state index in [2.05, 4.69) is 33.5 Å².